The van der Waals surface area contributed by atoms with E-state index in [2.05, 4.69) is 0 Å². The average molecular weight is 316 g/mol. The molecule has 1 N–H and O–H groups in total. The van der Waals surface area contributed by atoms with Crippen LogP contribution >= 0.6 is 0 Å². The van der Waals surface area contributed by atoms with Gasteiger partial charge >= 0.3 is 5.97 Å². The fourth-order valence-electron chi connectivity index (χ4n) is 3.05. The Hall–Kier alpha value is -2.30. The number of amides is 1. The van der Waals surface area contributed by atoms with Crippen LogP contribution in [0, 0.1) is 6.92 Å². The van der Waals surface area contributed by atoms with Gasteiger partial charge < -0.3 is 14.6 Å². The normalized spacial score (nSPS) is 10.9. The molecule has 0 bridgehead atoms. The fourth-order valence-corrected chi connectivity index (χ4v) is 3.05. The summed E-state index contributed by atoms with van der Waals surface area (Å²) >= 11 is 0. The Morgan fingerprint density at radius 3 is 2.48 bits per heavy atom. The molecular weight excluding hydrogens is 292 g/mol. The lowest BCUT2D eigenvalue weighted by molar-refractivity contribution is -0.137. The maximum atomic E-state index is 13.0. The molecule has 23 heavy (non-hydrogen) atoms. The van der Waals surface area contributed by atoms with Crippen molar-refractivity contribution in [1.29, 1.82) is 0 Å². The topological polar surface area (TPSA) is 62.5 Å². The molecule has 5 nitrogen and oxygen atoms in total. The summed E-state index contributed by atoms with van der Waals surface area (Å²) < 4.78 is 2.02. The molecule has 0 saturated carbocycles. The van der Waals surface area contributed by atoms with Crippen molar-refractivity contribution in [3.63, 3.8) is 0 Å². The number of carbonyl (C=O) groups excluding carboxylic acids is 1. The molecule has 1 aromatic carbocycles. The fraction of sp³-hybridized carbons (Fsp3) is 0.444. The van der Waals surface area contributed by atoms with E-state index in [1.54, 1.807) is 4.90 Å². The zero-order chi connectivity index (χ0) is 17.0. The highest BCUT2D eigenvalue weighted by molar-refractivity contribution is 6.01. The summed E-state index contributed by atoms with van der Waals surface area (Å²) in [6.45, 7) is 7.48. The Morgan fingerprint density at radius 2 is 1.87 bits per heavy atom. The van der Waals surface area contributed by atoms with Crippen LogP contribution in [0.15, 0.2) is 24.3 Å². The Labute approximate surface area is 136 Å². The monoisotopic (exact) mass is 316 g/mol. The van der Waals surface area contributed by atoms with Gasteiger partial charge in [-0.25, -0.2) is 0 Å². The summed E-state index contributed by atoms with van der Waals surface area (Å²) in [5.74, 6) is -0.963. The van der Waals surface area contributed by atoms with Crippen LogP contribution in [0.3, 0.4) is 0 Å². The summed E-state index contributed by atoms with van der Waals surface area (Å²) in [6.07, 6.45) is 0.772. The Balaban J connectivity index is 2.45. The maximum absolute atomic E-state index is 13.0. The van der Waals surface area contributed by atoms with Crippen molar-refractivity contribution in [2.45, 2.75) is 40.2 Å². The number of hydrogen-bond donors (Lipinski definition) is 1. The minimum atomic E-state index is -0.883. The van der Waals surface area contributed by atoms with Gasteiger partial charge in [0.15, 0.2) is 0 Å². The summed E-state index contributed by atoms with van der Waals surface area (Å²) in [4.78, 5) is 25.5. The molecule has 0 aliphatic carbocycles. The van der Waals surface area contributed by atoms with Crippen molar-refractivity contribution in [2.75, 3.05) is 13.1 Å². The first-order valence-corrected chi connectivity index (χ1v) is 8.10. The molecular formula is C18H24N2O3. The van der Waals surface area contributed by atoms with E-state index in [4.69, 9.17) is 5.11 Å². The van der Waals surface area contributed by atoms with Crippen molar-refractivity contribution in [1.82, 2.24) is 9.47 Å². The van der Waals surface area contributed by atoms with E-state index in [-0.39, 0.29) is 18.9 Å². The van der Waals surface area contributed by atoms with Gasteiger partial charge in [0.2, 0.25) is 0 Å². The van der Waals surface area contributed by atoms with E-state index in [9.17, 15) is 9.59 Å². The van der Waals surface area contributed by atoms with Crippen LogP contribution in [-0.4, -0.2) is 39.5 Å². The number of fused-ring (bicyclic) bond motifs is 1. The van der Waals surface area contributed by atoms with Gasteiger partial charge in [0.05, 0.1) is 6.42 Å². The van der Waals surface area contributed by atoms with Crippen LogP contribution in [0.2, 0.25) is 0 Å². The molecule has 0 unspecified atom stereocenters. The number of aliphatic carboxylic acids is 1. The lowest BCUT2D eigenvalue weighted by Crippen LogP contribution is -2.35. The van der Waals surface area contributed by atoms with Crippen LogP contribution in [0.5, 0.6) is 0 Å². The number of para-hydroxylation sites is 1. The highest BCUT2D eigenvalue weighted by Gasteiger charge is 2.24. The number of aromatic nitrogens is 1. The van der Waals surface area contributed by atoms with Gasteiger partial charge in [-0.15, -0.1) is 0 Å². The highest BCUT2D eigenvalue weighted by atomic mass is 16.4. The summed E-state index contributed by atoms with van der Waals surface area (Å²) in [6, 6.07) is 7.98. The minimum Gasteiger partial charge on any atom is -0.481 e. The van der Waals surface area contributed by atoms with E-state index in [0.717, 1.165) is 22.9 Å². The first-order chi connectivity index (χ1) is 11.0. The molecule has 1 amide bonds. The predicted molar refractivity (Wildman–Crippen MR) is 90.8 cm³/mol. The molecule has 124 valence electrons. The largest absolute Gasteiger partial charge is 0.481 e. The third-order valence-corrected chi connectivity index (χ3v) is 4.12. The number of carbonyl (C=O) groups is 2. The molecule has 0 fully saturated rings. The van der Waals surface area contributed by atoms with E-state index in [0.29, 0.717) is 18.8 Å². The predicted octanol–water partition coefficient (Wildman–Crippen LogP) is 3.30. The number of hydrogen-bond acceptors (Lipinski definition) is 2. The van der Waals surface area contributed by atoms with Crippen LogP contribution in [0.25, 0.3) is 10.9 Å². The Morgan fingerprint density at radius 1 is 1.17 bits per heavy atom. The van der Waals surface area contributed by atoms with Crippen LogP contribution in [0.1, 0.15) is 42.7 Å². The minimum absolute atomic E-state index is 0.0306. The van der Waals surface area contributed by atoms with Crippen LogP contribution < -0.4 is 0 Å². The van der Waals surface area contributed by atoms with Gasteiger partial charge in [-0.1, -0.05) is 25.1 Å². The van der Waals surface area contributed by atoms with Crippen molar-refractivity contribution in [2.24, 2.45) is 0 Å². The SMILES string of the molecule is CCCN(CCC(=O)O)C(=O)c1c(C)c2ccccc2n1CC. The molecule has 1 aromatic heterocycles. The molecule has 5 heteroatoms. The standard InChI is InChI=1S/C18H24N2O3/c1-4-11-19(12-10-16(21)22)18(23)17-13(3)14-8-6-7-9-15(14)20(17)5-2/h6-9H,4-5,10-12H2,1-3H3,(H,21,22). The summed E-state index contributed by atoms with van der Waals surface area (Å²) in [5, 5.41) is 9.99. The smallest absolute Gasteiger partial charge is 0.305 e. The summed E-state index contributed by atoms with van der Waals surface area (Å²) in [7, 11) is 0. The zero-order valence-electron chi connectivity index (χ0n) is 14.0. The highest BCUT2D eigenvalue weighted by Crippen LogP contribution is 2.26. The van der Waals surface area contributed by atoms with Gasteiger partial charge in [-0.3, -0.25) is 9.59 Å². The third kappa shape index (κ3) is 3.38. The maximum Gasteiger partial charge on any atom is 0.305 e. The zero-order valence-corrected chi connectivity index (χ0v) is 14.0. The van der Waals surface area contributed by atoms with Gasteiger partial charge in [0.25, 0.3) is 5.91 Å². The number of rotatable bonds is 7. The molecule has 0 aliphatic heterocycles. The third-order valence-electron chi connectivity index (χ3n) is 4.12. The van der Waals surface area contributed by atoms with Crippen molar-refractivity contribution in [3.8, 4) is 0 Å². The second kappa shape index (κ2) is 7.31. The molecule has 0 aliphatic rings. The second-order valence-corrected chi connectivity index (χ2v) is 5.67. The summed E-state index contributed by atoms with van der Waals surface area (Å²) in [5.41, 5.74) is 2.68. The molecule has 0 radical (unpaired) electrons. The Bertz CT molecular complexity index is 718. The number of nitrogens with zero attached hydrogens (tertiary/aromatic N) is 2. The van der Waals surface area contributed by atoms with E-state index in [1.807, 2.05) is 49.6 Å². The number of carboxylic acid groups (broad SMARTS) is 1. The average Bonchev–Trinajstić information content (AvgIpc) is 2.83. The number of benzene rings is 1. The van der Waals surface area contributed by atoms with E-state index >= 15 is 0 Å². The lowest BCUT2D eigenvalue weighted by Gasteiger charge is -2.22. The molecule has 1 heterocycles. The van der Waals surface area contributed by atoms with Crippen molar-refractivity contribution < 1.29 is 14.7 Å². The number of carboxylic acids is 1. The molecule has 2 aromatic rings. The first-order valence-electron chi connectivity index (χ1n) is 8.10. The lowest BCUT2D eigenvalue weighted by atomic mass is 10.1. The Kier molecular flexibility index (Phi) is 5.42. The first kappa shape index (κ1) is 17.1. The molecule has 2 rings (SSSR count). The second-order valence-electron chi connectivity index (χ2n) is 5.67. The molecule has 0 spiro atoms. The van der Waals surface area contributed by atoms with Gasteiger partial charge in [-0.05, 0) is 31.9 Å². The molecule has 0 saturated heterocycles. The van der Waals surface area contributed by atoms with E-state index in [1.165, 1.54) is 0 Å². The number of aryl methyl sites for hydroxylation is 2. The van der Waals surface area contributed by atoms with Gasteiger partial charge in [0.1, 0.15) is 5.69 Å². The van der Waals surface area contributed by atoms with Crippen molar-refractivity contribution >= 4 is 22.8 Å². The van der Waals surface area contributed by atoms with Crippen LogP contribution in [-0.2, 0) is 11.3 Å². The molecule has 0 atom stereocenters. The van der Waals surface area contributed by atoms with E-state index < -0.39 is 5.97 Å². The quantitative estimate of drug-likeness (QED) is 0.852. The van der Waals surface area contributed by atoms with Gasteiger partial charge in [0, 0.05) is 30.5 Å². The van der Waals surface area contributed by atoms with Crippen molar-refractivity contribution in [3.05, 3.63) is 35.5 Å². The van der Waals surface area contributed by atoms with Crippen LogP contribution in [0.4, 0.5) is 0 Å². The van der Waals surface area contributed by atoms with Gasteiger partial charge in [-0.2, -0.15) is 0 Å².